The molecule has 1 saturated heterocycles. The fourth-order valence-corrected chi connectivity index (χ4v) is 5.25. The number of hydrogen-bond acceptors (Lipinski definition) is 6. The molecule has 2 aromatic rings. The number of halogens is 3. The van der Waals surface area contributed by atoms with E-state index in [1.807, 2.05) is 29.2 Å². The quantitative estimate of drug-likeness (QED) is 0.581. The molecule has 2 amide bonds. The maximum absolute atomic E-state index is 13.5. The second-order valence-corrected chi connectivity index (χ2v) is 9.13. The Morgan fingerprint density at radius 1 is 1.29 bits per heavy atom. The summed E-state index contributed by atoms with van der Waals surface area (Å²) < 4.78 is 40.5. The lowest BCUT2D eigenvalue weighted by Crippen LogP contribution is -2.55. The van der Waals surface area contributed by atoms with Crippen molar-refractivity contribution in [3.05, 3.63) is 53.3 Å². The van der Waals surface area contributed by atoms with Crippen molar-refractivity contribution in [3.8, 4) is 6.07 Å². The third-order valence-corrected chi connectivity index (χ3v) is 7.11. The van der Waals surface area contributed by atoms with Crippen molar-refractivity contribution in [3.63, 3.8) is 0 Å². The molecule has 1 N–H and O–H groups in total. The molecule has 1 aliphatic heterocycles. The van der Waals surface area contributed by atoms with Crippen molar-refractivity contribution in [2.24, 2.45) is 0 Å². The molecule has 1 saturated carbocycles. The lowest BCUT2D eigenvalue weighted by atomic mass is 9.75. The monoisotopic (exact) mass is 503 g/mol. The first-order chi connectivity index (χ1) is 16.6. The van der Waals surface area contributed by atoms with E-state index in [1.165, 1.54) is 11.0 Å². The summed E-state index contributed by atoms with van der Waals surface area (Å²) in [5.41, 5.74) is -1.96. The number of aromatic nitrogens is 1. The lowest BCUT2D eigenvalue weighted by molar-refractivity contribution is -0.138. The Balaban J connectivity index is 1.63. The third-order valence-electron chi connectivity index (χ3n) is 6.65. The van der Waals surface area contributed by atoms with Crippen LogP contribution in [0.5, 0.6) is 0 Å². The van der Waals surface area contributed by atoms with Gasteiger partial charge in [-0.1, -0.05) is 12.1 Å². The van der Waals surface area contributed by atoms with Gasteiger partial charge in [0.1, 0.15) is 11.6 Å². The van der Waals surface area contributed by atoms with Gasteiger partial charge in [-0.25, -0.2) is 4.98 Å². The Bertz CT molecular complexity index is 1180. The topological polar surface area (TPSA) is 89.3 Å². The molecule has 1 aliphatic carbocycles. The highest BCUT2D eigenvalue weighted by molar-refractivity contribution is 7.81. The zero-order valence-electron chi connectivity index (χ0n) is 19.0. The van der Waals surface area contributed by atoms with Crippen molar-refractivity contribution in [2.45, 2.75) is 55.7 Å². The summed E-state index contributed by atoms with van der Waals surface area (Å²) >= 11 is 4.65. The van der Waals surface area contributed by atoms with Crippen LogP contribution in [0.25, 0.3) is 0 Å². The summed E-state index contributed by atoms with van der Waals surface area (Å²) in [7, 11) is 1.60. The van der Waals surface area contributed by atoms with E-state index in [4.69, 9.17) is 5.26 Å². The number of nitrogens with one attached hydrogen (secondary N) is 1. The molecule has 0 bridgehead atoms. The molecular weight excluding hydrogens is 479 g/mol. The molecule has 2 fully saturated rings. The first-order valence-corrected chi connectivity index (χ1v) is 11.7. The number of alkyl halides is 3. The van der Waals surface area contributed by atoms with Gasteiger partial charge >= 0.3 is 6.18 Å². The summed E-state index contributed by atoms with van der Waals surface area (Å²) in [5, 5.41) is 11.6. The summed E-state index contributed by atoms with van der Waals surface area (Å²) in [5.74, 6) is -0.355. The predicted molar refractivity (Wildman–Crippen MR) is 127 cm³/mol. The Morgan fingerprint density at radius 2 is 1.97 bits per heavy atom. The number of nitriles is 1. The summed E-state index contributed by atoms with van der Waals surface area (Å²) in [6, 6.07) is 9.83. The molecule has 35 heavy (non-hydrogen) atoms. The van der Waals surface area contributed by atoms with Crippen LogP contribution in [-0.2, 0) is 22.2 Å². The SMILES string of the molecule is CNC(=O)CCCc1ccc(N2C(S)N(c3cnc(C#N)c(C(F)(F)F)c3)C(=O)C23CCC3)cc1. The van der Waals surface area contributed by atoms with E-state index in [2.05, 4.69) is 22.9 Å². The lowest BCUT2D eigenvalue weighted by Gasteiger charge is -2.44. The van der Waals surface area contributed by atoms with Crippen LogP contribution in [0, 0.1) is 11.3 Å². The van der Waals surface area contributed by atoms with Gasteiger partial charge in [-0.15, -0.1) is 12.6 Å². The van der Waals surface area contributed by atoms with Gasteiger partial charge in [0, 0.05) is 19.2 Å². The Labute approximate surface area is 206 Å². The van der Waals surface area contributed by atoms with E-state index in [0.717, 1.165) is 29.9 Å². The average molecular weight is 504 g/mol. The predicted octanol–water partition coefficient (Wildman–Crippen LogP) is 4.03. The second kappa shape index (κ2) is 9.41. The Kier molecular flexibility index (Phi) is 6.68. The first kappa shape index (κ1) is 24.9. The number of pyridine rings is 1. The third kappa shape index (κ3) is 4.43. The van der Waals surface area contributed by atoms with E-state index in [-0.39, 0.29) is 17.5 Å². The summed E-state index contributed by atoms with van der Waals surface area (Å²) in [6.45, 7) is 0. The van der Waals surface area contributed by atoms with E-state index < -0.39 is 28.5 Å². The van der Waals surface area contributed by atoms with Gasteiger partial charge in [-0.2, -0.15) is 18.4 Å². The molecule has 0 radical (unpaired) electrons. The molecule has 1 unspecified atom stereocenters. The molecule has 1 atom stereocenters. The number of thiol groups is 1. The number of nitrogens with zero attached hydrogens (tertiary/aromatic N) is 4. The molecule has 7 nitrogen and oxygen atoms in total. The van der Waals surface area contributed by atoms with E-state index in [1.54, 1.807) is 7.05 Å². The zero-order chi connectivity index (χ0) is 25.4. The van der Waals surface area contributed by atoms with Gasteiger partial charge in [-0.05, 0) is 55.9 Å². The highest BCUT2D eigenvalue weighted by Crippen LogP contribution is 2.50. The molecule has 1 aromatic heterocycles. The molecule has 4 rings (SSSR count). The minimum absolute atomic E-state index is 0.0203. The number of carbonyl (C=O) groups excluding carboxylic acids is 2. The van der Waals surface area contributed by atoms with Gasteiger partial charge < -0.3 is 10.2 Å². The number of hydrogen-bond donors (Lipinski definition) is 2. The molecular formula is C24H24F3N5O2S. The largest absolute Gasteiger partial charge is 0.419 e. The van der Waals surface area contributed by atoms with Crippen LogP contribution in [0.1, 0.15) is 48.9 Å². The molecule has 11 heteroatoms. The second-order valence-electron chi connectivity index (χ2n) is 8.67. The van der Waals surface area contributed by atoms with Crippen LogP contribution in [0.3, 0.4) is 0 Å². The number of amides is 2. The van der Waals surface area contributed by atoms with Crippen LogP contribution >= 0.6 is 12.6 Å². The smallest absolute Gasteiger partial charge is 0.359 e. The molecule has 184 valence electrons. The van der Waals surface area contributed by atoms with Crippen LogP contribution < -0.4 is 15.1 Å². The van der Waals surface area contributed by atoms with E-state index >= 15 is 0 Å². The van der Waals surface area contributed by atoms with E-state index in [0.29, 0.717) is 32.1 Å². The fraction of sp³-hybridized carbons (Fsp3) is 0.417. The standard InChI is InChI=1S/C24H24F3N5O2S/c1-29-20(33)5-2-4-15-6-8-16(9-7-15)32-22(35)31(21(34)23(32)10-3-11-23)17-12-18(24(25,26)27)19(13-28)30-14-17/h6-9,12,14,22,35H,2-5,10-11H2,1H3,(H,29,33). The number of aryl methyl sites for hydroxylation is 1. The summed E-state index contributed by atoms with van der Waals surface area (Å²) in [6.07, 6.45) is 0.0887. The number of anilines is 2. The normalized spacial score (nSPS) is 19.0. The van der Waals surface area contributed by atoms with Crippen molar-refractivity contribution in [1.29, 1.82) is 5.26 Å². The minimum atomic E-state index is -4.79. The zero-order valence-corrected chi connectivity index (χ0v) is 19.9. The highest BCUT2D eigenvalue weighted by atomic mass is 32.1. The molecule has 2 aliphatic rings. The van der Waals surface area contributed by atoms with Gasteiger partial charge in [0.15, 0.2) is 11.2 Å². The molecule has 1 spiro atoms. The van der Waals surface area contributed by atoms with Crippen molar-refractivity contribution in [2.75, 3.05) is 16.8 Å². The van der Waals surface area contributed by atoms with E-state index in [9.17, 15) is 22.8 Å². The maximum Gasteiger partial charge on any atom is 0.419 e. The van der Waals surface area contributed by atoms with Gasteiger partial charge in [-0.3, -0.25) is 14.5 Å². The maximum atomic E-state index is 13.5. The minimum Gasteiger partial charge on any atom is -0.359 e. The first-order valence-electron chi connectivity index (χ1n) is 11.2. The highest BCUT2D eigenvalue weighted by Gasteiger charge is 2.60. The van der Waals surface area contributed by atoms with Crippen LogP contribution in [0.15, 0.2) is 36.5 Å². The van der Waals surface area contributed by atoms with Crippen LogP contribution in [0.2, 0.25) is 0 Å². The van der Waals surface area contributed by atoms with Crippen LogP contribution in [0.4, 0.5) is 24.5 Å². The summed E-state index contributed by atoms with van der Waals surface area (Å²) in [4.78, 5) is 31.7. The molecule has 1 aromatic carbocycles. The van der Waals surface area contributed by atoms with Gasteiger partial charge in [0.25, 0.3) is 5.91 Å². The Hall–Kier alpha value is -3.26. The van der Waals surface area contributed by atoms with Crippen molar-refractivity contribution < 1.29 is 22.8 Å². The Morgan fingerprint density at radius 3 is 2.51 bits per heavy atom. The number of rotatable bonds is 6. The van der Waals surface area contributed by atoms with Gasteiger partial charge in [0.2, 0.25) is 5.91 Å². The molecule has 2 heterocycles. The number of carbonyl (C=O) groups is 2. The van der Waals surface area contributed by atoms with Crippen LogP contribution in [-0.4, -0.2) is 34.9 Å². The van der Waals surface area contributed by atoms with Crippen molar-refractivity contribution >= 4 is 35.8 Å². The fourth-order valence-electron chi connectivity index (χ4n) is 4.66. The average Bonchev–Trinajstić information content (AvgIpc) is 3.05. The van der Waals surface area contributed by atoms with Gasteiger partial charge in [0.05, 0.1) is 17.4 Å². The number of benzene rings is 1. The van der Waals surface area contributed by atoms with Crippen molar-refractivity contribution in [1.82, 2.24) is 10.3 Å².